The highest BCUT2D eigenvalue weighted by atomic mass is 32.2. The maximum Gasteiger partial charge on any atom is 0.183 e. The van der Waals surface area contributed by atoms with Crippen molar-refractivity contribution >= 4 is 37.6 Å². The monoisotopic (exact) mass is 304 g/mol. The molecular weight excluding hydrogens is 284 g/mol. The lowest BCUT2D eigenvalue weighted by Gasteiger charge is -2.07. The summed E-state index contributed by atoms with van der Waals surface area (Å²) < 4.78 is 24.2. The van der Waals surface area contributed by atoms with Gasteiger partial charge in [0.1, 0.15) is 9.90 Å². The Labute approximate surface area is 118 Å². The van der Waals surface area contributed by atoms with Crippen LogP contribution in [0.4, 0.5) is 10.7 Å². The molecule has 1 aromatic rings. The van der Waals surface area contributed by atoms with Gasteiger partial charge in [0.05, 0.1) is 16.3 Å². The molecule has 0 spiro atoms. The van der Waals surface area contributed by atoms with Crippen LogP contribution in [0, 0.1) is 0 Å². The van der Waals surface area contributed by atoms with E-state index in [1.165, 1.54) is 6.92 Å². The molecule has 1 aromatic heterocycles. The minimum atomic E-state index is -3.44. The molecule has 5 nitrogen and oxygen atoms in total. The van der Waals surface area contributed by atoms with Crippen molar-refractivity contribution in [2.24, 2.45) is 0 Å². The Kier molecular flexibility index (Phi) is 5.37. The molecule has 0 fully saturated rings. The van der Waals surface area contributed by atoms with Gasteiger partial charge in [-0.15, -0.1) is 11.3 Å². The van der Waals surface area contributed by atoms with Gasteiger partial charge in [0.2, 0.25) is 0 Å². The first-order valence-electron chi connectivity index (χ1n) is 6.24. The van der Waals surface area contributed by atoms with Crippen molar-refractivity contribution in [1.29, 1.82) is 0 Å². The molecule has 0 amide bonds. The van der Waals surface area contributed by atoms with Gasteiger partial charge in [0.25, 0.3) is 0 Å². The molecule has 0 aliphatic heterocycles. The highest BCUT2D eigenvalue weighted by Crippen LogP contribution is 2.39. The van der Waals surface area contributed by atoms with Crippen LogP contribution < -0.4 is 11.1 Å². The van der Waals surface area contributed by atoms with Crippen LogP contribution in [0.15, 0.2) is 4.90 Å². The third kappa shape index (κ3) is 3.48. The number of Topliss-reactive ketones (excluding diaryl/α,β-unsaturated/α-hetero) is 1. The number of anilines is 2. The third-order valence-electron chi connectivity index (χ3n) is 2.73. The molecule has 0 aliphatic carbocycles. The lowest BCUT2D eigenvalue weighted by Crippen LogP contribution is -2.10. The predicted octanol–water partition coefficient (Wildman–Crippen LogP) is 2.54. The molecule has 0 saturated carbocycles. The van der Waals surface area contributed by atoms with Crippen LogP contribution in [0.1, 0.15) is 43.3 Å². The molecule has 0 unspecified atom stereocenters. The minimum Gasteiger partial charge on any atom is -0.396 e. The summed E-state index contributed by atoms with van der Waals surface area (Å²) in [6.45, 7) is 5.67. The Morgan fingerprint density at radius 3 is 2.47 bits per heavy atom. The number of thiophene rings is 1. The van der Waals surface area contributed by atoms with Crippen LogP contribution in [0.3, 0.4) is 0 Å². The lowest BCUT2D eigenvalue weighted by molar-refractivity contribution is 0.102. The Balaban J connectivity index is 3.28. The fourth-order valence-electron chi connectivity index (χ4n) is 1.64. The van der Waals surface area contributed by atoms with E-state index in [0.717, 1.165) is 24.2 Å². The summed E-state index contributed by atoms with van der Waals surface area (Å²) in [7, 11) is -3.44. The van der Waals surface area contributed by atoms with Gasteiger partial charge in [-0.2, -0.15) is 0 Å². The molecule has 1 heterocycles. The summed E-state index contributed by atoms with van der Waals surface area (Å²) >= 11 is 1.12. The second kappa shape index (κ2) is 6.38. The number of carbonyl (C=O) groups is 1. The minimum absolute atomic E-state index is 0.0340. The van der Waals surface area contributed by atoms with Crippen molar-refractivity contribution < 1.29 is 13.2 Å². The van der Waals surface area contributed by atoms with E-state index in [-0.39, 0.29) is 22.1 Å². The Bertz CT molecular complexity index is 562. The normalized spacial score (nSPS) is 11.5. The molecule has 1 rings (SSSR count). The van der Waals surface area contributed by atoms with Crippen molar-refractivity contribution in [3.63, 3.8) is 0 Å². The number of ketones is 1. The number of rotatable bonds is 7. The summed E-state index contributed by atoms with van der Waals surface area (Å²) in [5.41, 5.74) is 5.92. The second-order valence-electron chi connectivity index (χ2n) is 4.24. The van der Waals surface area contributed by atoms with Gasteiger partial charge in [0, 0.05) is 13.5 Å². The first kappa shape index (κ1) is 16.0. The van der Waals surface area contributed by atoms with Gasteiger partial charge in [-0.25, -0.2) is 8.42 Å². The van der Waals surface area contributed by atoms with Crippen LogP contribution in [0.2, 0.25) is 0 Å². The SMILES string of the molecule is CCCCNc1sc(C(C)=O)c(N)c1S(=O)(=O)CC. The van der Waals surface area contributed by atoms with Gasteiger partial charge in [-0.3, -0.25) is 4.79 Å². The summed E-state index contributed by atoms with van der Waals surface area (Å²) in [5, 5.41) is 3.56. The van der Waals surface area contributed by atoms with E-state index < -0.39 is 9.84 Å². The predicted molar refractivity (Wildman–Crippen MR) is 79.9 cm³/mol. The maximum atomic E-state index is 12.1. The number of sulfone groups is 1. The smallest absolute Gasteiger partial charge is 0.183 e. The van der Waals surface area contributed by atoms with Crippen LogP contribution in [-0.2, 0) is 9.84 Å². The van der Waals surface area contributed by atoms with Crippen molar-refractivity contribution in [2.75, 3.05) is 23.3 Å². The van der Waals surface area contributed by atoms with E-state index >= 15 is 0 Å². The first-order chi connectivity index (χ1) is 8.85. The van der Waals surface area contributed by atoms with Crippen LogP contribution in [0.5, 0.6) is 0 Å². The van der Waals surface area contributed by atoms with Crippen molar-refractivity contribution in [1.82, 2.24) is 0 Å². The van der Waals surface area contributed by atoms with E-state index in [9.17, 15) is 13.2 Å². The average Bonchev–Trinajstić information content (AvgIpc) is 2.67. The number of carbonyl (C=O) groups excluding carboxylic acids is 1. The summed E-state index contributed by atoms with van der Waals surface area (Å²) in [5.74, 6) is -0.244. The van der Waals surface area contributed by atoms with E-state index in [1.54, 1.807) is 6.92 Å². The number of nitrogens with one attached hydrogen (secondary N) is 1. The standard InChI is InChI=1S/C12H20N2O3S2/c1-4-6-7-14-12-11(19(16,17)5-2)9(13)10(18-12)8(3)15/h14H,4-7,13H2,1-3H3. The quantitative estimate of drug-likeness (QED) is 0.597. The average molecular weight is 304 g/mol. The van der Waals surface area contributed by atoms with Gasteiger partial charge < -0.3 is 11.1 Å². The molecular formula is C12H20N2O3S2. The lowest BCUT2D eigenvalue weighted by atomic mass is 10.3. The molecule has 0 bridgehead atoms. The molecule has 108 valence electrons. The molecule has 0 atom stereocenters. The van der Waals surface area contributed by atoms with E-state index in [4.69, 9.17) is 5.73 Å². The number of nitrogen functional groups attached to an aromatic ring is 1. The molecule has 0 saturated heterocycles. The van der Waals surface area contributed by atoms with Crippen LogP contribution >= 0.6 is 11.3 Å². The van der Waals surface area contributed by atoms with Crippen LogP contribution in [0.25, 0.3) is 0 Å². The Morgan fingerprint density at radius 1 is 1.37 bits per heavy atom. The molecule has 7 heteroatoms. The first-order valence-corrected chi connectivity index (χ1v) is 8.71. The Morgan fingerprint density at radius 2 is 2.00 bits per heavy atom. The zero-order chi connectivity index (χ0) is 14.6. The highest BCUT2D eigenvalue weighted by molar-refractivity contribution is 7.91. The molecule has 3 N–H and O–H groups in total. The number of nitrogens with two attached hydrogens (primary N) is 1. The summed E-state index contributed by atoms with van der Waals surface area (Å²) in [4.78, 5) is 11.9. The maximum absolute atomic E-state index is 12.1. The van der Waals surface area contributed by atoms with Gasteiger partial charge in [0.15, 0.2) is 15.6 Å². The zero-order valence-corrected chi connectivity index (χ0v) is 13.1. The largest absolute Gasteiger partial charge is 0.396 e. The van der Waals surface area contributed by atoms with Crippen molar-refractivity contribution in [3.05, 3.63) is 4.88 Å². The molecule has 19 heavy (non-hydrogen) atoms. The summed E-state index contributed by atoms with van der Waals surface area (Å²) in [6, 6.07) is 0. The van der Waals surface area contributed by atoms with Gasteiger partial charge >= 0.3 is 0 Å². The van der Waals surface area contributed by atoms with Crippen LogP contribution in [-0.4, -0.2) is 26.5 Å². The van der Waals surface area contributed by atoms with Gasteiger partial charge in [-0.05, 0) is 6.42 Å². The molecule has 0 aliphatic rings. The molecule has 0 radical (unpaired) electrons. The fourth-order valence-corrected chi connectivity index (χ4v) is 4.23. The highest BCUT2D eigenvalue weighted by Gasteiger charge is 2.27. The van der Waals surface area contributed by atoms with E-state index in [0.29, 0.717) is 16.4 Å². The van der Waals surface area contributed by atoms with Crippen molar-refractivity contribution in [3.8, 4) is 0 Å². The second-order valence-corrected chi connectivity index (χ2v) is 7.48. The number of hydrogen-bond donors (Lipinski definition) is 2. The summed E-state index contributed by atoms with van der Waals surface area (Å²) in [6.07, 6.45) is 1.93. The molecule has 0 aromatic carbocycles. The van der Waals surface area contributed by atoms with Crippen molar-refractivity contribution in [2.45, 2.75) is 38.5 Å². The van der Waals surface area contributed by atoms with E-state index in [1.807, 2.05) is 0 Å². The number of hydrogen-bond acceptors (Lipinski definition) is 6. The van der Waals surface area contributed by atoms with Gasteiger partial charge in [-0.1, -0.05) is 20.3 Å². The number of unbranched alkanes of at least 4 members (excludes halogenated alkanes) is 1. The third-order valence-corrected chi connectivity index (χ3v) is 5.93. The topological polar surface area (TPSA) is 89.3 Å². The van der Waals surface area contributed by atoms with E-state index in [2.05, 4.69) is 12.2 Å². The fraction of sp³-hybridized carbons (Fsp3) is 0.583. The zero-order valence-electron chi connectivity index (χ0n) is 11.4. The Hall–Kier alpha value is -1.08.